The van der Waals surface area contributed by atoms with E-state index in [-0.39, 0.29) is 5.63 Å². The summed E-state index contributed by atoms with van der Waals surface area (Å²) in [7, 11) is 0. The topological polar surface area (TPSA) is 50.1 Å². The summed E-state index contributed by atoms with van der Waals surface area (Å²) in [5.41, 5.74) is 0.170. The summed E-state index contributed by atoms with van der Waals surface area (Å²) >= 11 is 0. The highest BCUT2D eigenvalue weighted by Crippen LogP contribution is 1.83. The van der Waals surface area contributed by atoms with Crippen LogP contribution in [0.15, 0.2) is 33.7 Å². The molecular formula is C6H5N2O2+. The van der Waals surface area contributed by atoms with Crippen LogP contribution in [0, 0.1) is 0 Å². The fourth-order valence-corrected chi connectivity index (χ4v) is 0.832. The number of aromatic nitrogens is 2. The largest absolute Gasteiger partial charge is 0.435 e. The predicted molar refractivity (Wildman–Crippen MR) is 32.5 cm³/mol. The third-order valence-electron chi connectivity index (χ3n) is 1.31. The molecule has 0 saturated heterocycles. The van der Waals surface area contributed by atoms with Gasteiger partial charge >= 0.3 is 11.1 Å². The van der Waals surface area contributed by atoms with Crippen LogP contribution >= 0.6 is 0 Å². The van der Waals surface area contributed by atoms with E-state index < -0.39 is 0 Å². The van der Waals surface area contributed by atoms with Crippen LogP contribution in [0.25, 0.3) is 5.52 Å². The molecule has 0 spiro atoms. The van der Waals surface area contributed by atoms with Crippen LogP contribution in [0.5, 0.6) is 0 Å². The molecule has 4 nitrogen and oxygen atoms in total. The van der Waals surface area contributed by atoms with E-state index in [0.717, 1.165) is 0 Å². The van der Waals surface area contributed by atoms with E-state index in [0.29, 0.717) is 5.52 Å². The molecule has 0 saturated carbocycles. The standard InChI is InChI=1S/C6H4N2O2/c9-6-5-3-1-2-4-8(5)7-10-6/h1-4H/p+1. The number of nitrogens with zero attached hydrogens (tertiary/aromatic N) is 1. The third-order valence-corrected chi connectivity index (χ3v) is 1.31. The Balaban J connectivity index is 3.07. The Morgan fingerprint density at radius 1 is 1.50 bits per heavy atom. The zero-order chi connectivity index (χ0) is 6.97. The number of pyridine rings is 1. The van der Waals surface area contributed by atoms with Crippen molar-refractivity contribution in [2.45, 2.75) is 0 Å². The van der Waals surface area contributed by atoms with Crippen molar-refractivity contribution < 1.29 is 9.04 Å². The van der Waals surface area contributed by atoms with Gasteiger partial charge in [0.2, 0.25) is 6.20 Å². The second-order valence-corrected chi connectivity index (χ2v) is 1.94. The first kappa shape index (κ1) is 5.22. The molecule has 0 aliphatic carbocycles. The third kappa shape index (κ3) is 0.556. The molecule has 2 heterocycles. The molecule has 0 atom stereocenters. The molecule has 0 amide bonds. The van der Waals surface area contributed by atoms with Crippen molar-refractivity contribution in [3.8, 4) is 0 Å². The van der Waals surface area contributed by atoms with Crippen LogP contribution in [0.2, 0.25) is 0 Å². The molecule has 0 fully saturated rings. The van der Waals surface area contributed by atoms with E-state index >= 15 is 0 Å². The van der Waals surface area contributed by atoms with E-state index in [9.17, 15) is 4.79 Å². The van der Waals surface area contributed by atoms with Crippen LogP contribution in [0.3, 0.4) is 0 Å². The Hall–Kier alpha value is -1.58. The summed E-state index contributed by atoms with van der Waals surface area (Å²) in [5, 5.41) is 2.42. The van der Waals surface area contributed by atoms with Crippen molar-refractivity contribution in [1.29, 1.82) is 0 Å². The predicted octanol–water partition coefficient (Wildman–Crippen LogP) is -0.293. The summed E-state index contributed by atoms with van der Waals surface area (Å²) < 4.78 is 6.01. The summed E-state index contributed by atoms with van der Waals surface area (Å²) in [6.07, 6.45) is 1.71. The lowest BCUT2D eigenvalue weighted by Crippen LogP contribution is -2.22. The Morgan fingerprint density at radius 3 is 3.20 bits per heavy atom. The number of hydrogen-bond acceptors (Lipinski definition) is 2. The van der Waals surface area contributed by atoms with Crippen LogP contribution < -0.4 is 10.1 Å². The Morgan fingerprint density at radius 2 is 2.40 bits per heavy atom. The molecule has 2 aromatic rings. The van der Waals surface area contributed by atoms with Gasteiger partial charge in [-0.05, 0) is 15.9 Å². The van der Waals surface area contributed by atoms with Gasteiger partial charge in [-0.3, -0.25) is 4.52 Å². The van der Waals surface area contributed by atoms with Gasteiger partial charge in [-0.25, -0.2) is 4.79 Å². The number of aromatic amines is 1. The van der Waals surface area contributed by atoms with Crippen molar-refractivity contribution >= 4 is 5.52 Å². The number of fused-ring (bicyclic) bond motifs is 1. The Kier molecular flexibility index (Phi) is 0.887. The number of nitrogens with one attached hydrogen (secondary N) is 1. The van der Waals surface area contributed by atoms with Gasteiger partial charge in [0, 0.05) is 12.1 Å². The maximum atomic E-state index is 10.8. The molecule has 0 aliphatic rings. The maximum Gasteiger partial charge on any atom is 0.435 e. The highest BCUT2D eigenvalue weighted by atomic mass is 16.5. The number of H-pyrrole nitrogens is 1. The molecular weight excluding hydrogens is 132 g/mol. The van der Waals surface area contributed by atoms with E-state index in [1.165, 1.54) is 4.52 Å². The molecule has 10 heavy (non-hydrogen) atoms. The van der Waals surface area contributed by atoms with Gasteiger partial charge in [-0.15, -0.1) is 0 Å². The Labute approximate surface area is 55.7 Å². The van der Waals surface area contributed by atoms with Gasteiger partial charge in [0.05, 0.1) is 0 Å². The van der Waals surface area contributed by atoms with Gasteiger partial charge < -0.3 is 0 Å². The van der Waals surface area contributed by atoms with Gasteiger partial charge in [-0.2, -0.15) is 0 Å². The average Bonchev–Trinajstić information content (AvgIpc) is 2.34. The van der Waals surface area contributed by atoms with E-state index in [1.54, 1.807) is 24.4 Å². The van der Waals surface area contributed by atoms with Gasteiger partial charge in [0.15, 0.2) is 0 Å². The second kappa shape index (κ2) is 1.70. The Bertz CT molecular complexity index is 401. The minimum atomic E-state index is -0.347. The van der Waals surface area contributed by atoms with Crippen molar-refractivity contribution in [2.24, 2.45) is 0 Å². The number of hydrogen-bond donors (Lipinski definition) is 1. The lowest BCUT2D eigenvalue weighted by molar-refractivity contribution is -0.595. The molecule has 2 rings (SSSR count). The van der Waals surface area contributed by atoms with E-state index in [1.807, 2.05) is 0 Å². The lowest BCUT2D eigenvalue weighted by Gasteiger charge is -1.71. The summed E-state index contributed by atoms with van der Waals surface area (Å²) in [4.78, 5) is 10.8. The number of rotatable bonds is 0. The first-order valence-electron chi connectivity index (χ1n) is 2.86. The normalized spacial score (nSPS) is 10.4. The van der Waals surface area contributed by atoms with Crippen molar-refractivity contribution in [3.05, 3.63) is 34.8 Å². The average molecular weight is 137 g/mol. The summed E-state index contributed by atoms with van der Waals surface area (Å²) in [5.74, 6) is 0. The van der Waals surface area contributed by atoms with Crippen LogP contribution in [-0.2, 0) is 0 Å². The molecule has 50 valence electrons. The first-order chi connectivity index (χ1) is 4.88. The summed E-state index contributed by atoms with van der Waals surface area (Å²) in [6.45, 7) is 0. The minimum Gasteiger partial charge on any atom is -0.282 e. The van der Waals surface area contributed by atoms with Crippen LogP contribution in [0.1, 0.15) is 0 Å². The van der Waals surface area contributed by atoms with Crippen molar-refractivity contribution in [2.75, 3.05) is 0 Å². The molecule has 4 heteroatoms. The molecule has 1 N–H and O–H groups in total. The molecule has 0 unspecified atom stereocenters. The molecule has 0 aromatic carbocycles. The lowest BCUT2D eigenvalue weighted by atomic mass is 10.4. The molecule has 0 aliphatic heterocycles. The van der Waals surface area contributed by atoms with Crippen LogP contribution in [-0.4, -0.2) is 5.27 Å². The highest BCUT2D eigenvalue weighted by Gasteiger charge is 2.07. The van der Waals surface area contributed by atoms with Crippen LogP contribution in [0.4, 0.5) is 0 Å². The SMILES string of the molecule is O=c1o[nH][n+]2ccccc12. The fourth-order valence-electron chi connectivity index (χ4n) is 0.832. The summed E-state index contributed by atoms with van der Waals surface area (Å²) in [6, 6.07) is 5.26. The highest BCUT2D eigenvalue weighted by molar-refractivity contribution is 5.32. The van der Waals surface area contributed by atoms with Gasteiger partial charge in [-0.1, -0.05) is 0 Å². The van der Waals surface area contributed by atoms with E-state index in [2.05, 4.69) is 9.79 Å². The fraction of sp³-hybridized carbons (Fsp3) is 0. The zero-order valence-electron chi connectivity index (χ0n) is 5.07. The van der Waals surface area contributed by atoms with Gasteiger partial charge in [0.1, 0.15) is 0 Å². The van der Waals surface area contributed by atoms with Crippen molar-refractivity contribution in [3.63, 3.8) is 0 Å². The molecule has 2 aromatic heterocycles. The molecule has 0 radical (unpaired) electrons. The zero-order valence-corrected chi connectivity index (χ0v) is 5.07. The minimum absolute atomic E-state index is 0.347. The quantitative estimate of drug-likeness (QED) is 0.507. The smallest absolute Gasteiger partial charge is 0.282 e. The molecule has 0 bridgehead atoms. The first-order valence-corrected chi connectivity index (χ1v) is 2.86. The monoisotopic (exact) mass is 137 g/mol. The maximum absolute atomic E-state index is 10.8. The second-order valence-electron chi connectivity index (χ2n) is 1.94. The van der Waals surface area contributed by atoms with E-state index in [4.69, 9.17) is 0 Å². The van der Waals surface area contributed by atoms with Crippen molar-refractivity contribution in [1.82, 2.24) is 5.27 Å². The van der Waals surface area contributed by atoms with Gasteiger partial charge in [0.25, 0.3) is 0 Å².